The maximum atomic E-state index is 11.5. The molecule has 0 bridgehead atoms. The van der Waals surface area contributed by atoms with Crippen molar-refractivity contribution in [2.24, 2.45) is 5.41 Å². The average molecular weight is 309 g/mol. The lowest BCUT2D eigenvalue weighted by Crippen LogP contribution is -2.28. The Kier molecular flexibility index (Phi) is 8.25. The van der Waals surface area contributed by atoms with Crippen molar-refractivity contribution in [2.75, 3.05) is 0 Å². The van der Waals surface area contributed by atoms with E-state index >= 15 is 0 Å². The zero-order chi connectivity index (χ0) is 9.71. The van der Waals surface area contributed by atoms with E-state index in [0.717, 1.165) is 13.8 Å². The van der Waals surface area contributed by atoms with Crippen LogP contribution in [-0.2, 0) is 0 Å². The Morgan fingerprint density at radius 2 is 1.27 bits per heavy atom. The maximum Gasteiger partial charge on any atom is 0.560 e. The Balaban J connectivity index is 0. The first-order valence-electron chi connectivity index (χ1n) is 2.71. The van der Waals surface area contributed by atoms with Crippen molar-refractivity contribution in [1.29, 1.82) is 0 Å². The fourth-order valence-electron chi connectivity index (χ4n) is 0. The minimum Gasteiger partial charge on any atom is -0.280 e. The van der Waals surface area contributed by atoms with Crippen LogP contribution in [0.5, 0.6) is 0 Å². The predicted octanol–water partition coefficient (Wildman–Crippen LogP) is 3.72. The van der Waals surface area contributed by atoms with Crippen LogP contribution in [0.2, 0.25) is 0 Å². The summed E-state index contributed by atoms with van der Waals surface area (Å²) in [5, 5.41) is 0. The highest BCUT2D eigenvalue weighted by molar-refractivity contribution is 9.47. The van der Waals surface area contributed by atoms with Gasteiger partial charge in [0.2, 0.25) is 0 Å². The van der Waals surface area contributed by atoms with Crippen molar-refractivity contribution in [3.8, 4) is 0 Å². The third-order valence-electron chi connectivity index (χ3n) is 0.767. The molecule has 0 unspecified atom stereocenters. The van der Waals surface area contributed by atoms with E-state index in [0.29, 0.717) is 0 Å². The highest BCUT2D eigenvalue weighted by Gasteiger charge is 2.43. The summed E-state index contributed by atoms with van der Waals surface area (Å²) in [7, 11) is 0. The topological polar surface area (TPSA) is 0 Å². The Morgan fingerprint density at radius 1 is 1.18 bits per heavy atom. The van der Waals surface area contributed by atoms with Gasteiger partial charge in [-0.25, -0.2) is 0 Å². The molecule has 0 N–H and O–H groups in total. The molecule has 0 aromatic rings. The van der Waals surface area contributed by atoms with Crippen LogP contribution in [0.15, 0.2) is 0 Å². The molecule has 11 heavy (non-hydrogen) atoms. The number of alkyl halides is 3. The Labute approximate surface area is 86.8 Å². The van der Waals surface area contributed by atoms with E-state index in [-0.39, 0.29) is 16.0 Å². The molecule has 0 atom stereocenters. The highest BCUT2D eigenvalue weighted by atomic mass is 79.9. The van der Waals surface area contributed by atoms with Gasteiger partial charge in [-0.1, -0.05) is 13.8 Å². The molecule has 0 amide bonds. The molecule has 6 heteroatoms. The molecule has 0 aromatic carbocycles. The molecule has 0 spiro atoms. The van der Waals surface area contributed by atoms with Gasteiger partial charge in [0.05, 0.1) is 5.41 Å². The smallest absolute Gasteiger partial charge is 0.280 e. The van der Waals surface area contributed by atoms with Crippen molar-refractivity contribution in [2.45, 2.75) is 20.0 Å². The Hall–Kier alpha value is 1.52. The van der Waals surface area contributed by atoms with Crippen LogP contribution in [-0.4, -0.2) is 22.2 Å². The van der Waals surface area contributed by atoms with Gasteiger partial charge in [-0.05, 0) is 6.92 Å². The second-order valence-corrected chi connectivity index (χ2v) is 10.6. The standard InChI is InChI=1S/C5H8F3.2BrH.Mg/c1-4(2,3)5(6,7)8;;;/h1H2,2-3H3;2*1H;/q;;;+2/p-2. The highest BCUT2D eigenvalue weighted by Crippen LogP contribution is 2.35. The summed E-state index contributed by atoms with van der Waals surface area (Å²) in [5.74, 6) is 0. The van der Waals surface area contributed by atoms with E-state index in [9.17, 15) is 13.2 Å². The van der Waals surface area contributed by atoms with Crippen LogP contribution in [0, 0.1) is 12.3 Å². The summed E-state index contributed by atoms with van der Waals surface area (Å²) in [6.07, 6.45) is -4.17. The molecule has 0 rings (SSSR count). The molecule has 65 valence electrons. The van der Waals surface area contributed by atoms with E-state index in [1.165, 1.54) is 0 Å². The molecule has 0 heterocycles. The van der Waals surface area contributed by atoms with Gasteiger partial charge in [-0.2, -0.15) is 13.2 Å². The van der Waals surface area contributed by atoms with Crippen LogP contribution in [0.1, 0.15) is 13.8 Å². The molecule has 0 saturated carbocycles. The molecule has 0 aliphatic rings. The third-order valence-corrected chi connectivity index (χ3v) is 0.767. The quantitative estimate of drug-likeness (QED) is 0.598. The Bertz CT molecular complexity index is 84.9. The van der Waals surface area contributed by atoms with Crippen LogP contribution in [0.3, 0.4) is 0 Å². The monoisotopic (exact) mass is 307 g/mol. The summed E-state index contributed by atoms with van der Waals surface area (Å²) in [5.41, 5.74) is -1.81. The minimum absolute atomic E-state index is 0.0417. The number of rotatable bonds is 0. The molecular weight excluding hydrogens is 301 g/mol. The average Bonchev–Trinajstić information content (AvgIpc) is 1.60. The summed E-state index contributed by atoms with van der Waals surface area (Å²) in [4.78, 5) is 0. The fourth-order valence-corrected chi connectivity index (χ4v) is 0. The van der Waals surface area contributed by atoms with Crippen LogP contribution in [0.4, 0.5) is 13.2 Å². The molecule has 0 nitrogen and oxygen atoms in total. The lowest BCUT2D eigenvalue weighted by molar-refractivity contribution is -0.194. The maximum absolute atomic E-state index is 11.5. The minimum atomic E-state index is -4.17. The van der Waals surface area contributed by atoms with E-state index in [2.05, 4.69) is 32.7 Å². The molecular formula is C5H8Br2F3Mg. The molecule has 0 fully saturated rings. The van der Waals surface area contributed by atoms with Gasteiger partial charge in [0.15, 0.2) is 0 Å². The van der Waals surface area contributed by atoms with Crippen LogP contribution >= 0.6 is 25.8 Å². The van der Waals surface area contributed by atoms with E-state index in [1.54, 1.807) is 0 Å². The second kappa shape index (κ2) is 6.04. The van der Waals surface area contributed by atoms with Crippen LogP contribution in [0.25, 0.3) is 0 Å². The summed E-state index contributed by atoms with van der Waals surface area (Å²) < 4.78 is 34.5. The van der Waals surface area contributed by atoms with Crippen LogP contribution < -0.4 is 0 Å². The lowest BCUT2D eigenvalue weighted by atomic mass is 9.96. The first kappa shape index (κ1) is 15.0. The molecule has 0 aliphatic heterocycles. The van der Waals surface area contributed by atoms with Crippen molar-refractivity contribution in [3.63, 3.8) is 0 Å². The normalized spacial score (nSPS) is 11.3. The van der Waals surface area contributed by atoms with Gasteiger partial charge in [-0.3, -0.25) is 25.8 Å². The lowest BCUT2D eigenvalue weighted by Gasteiger charge is -2.21. The predicted molar refractivity (Wildman–Crippen MR) is 48.8 cm³/mol. The largest absolute Gasteiger partial charge is 0.560 e. The van der Waals surface area contributed by atoms with Gasteiger partial charge >= 0.3 is 22.2 Å². The van der Waals surface area contributed by atoms with Gasteiger partial charge < -0.3 is 0 Å². The third kappa shape index (κ3) is 9.43. The number of hydrogen-bond donors (Lipinski definition) is 0. The van der Waals surface area contributed by atoms with E-state index in [1.807, 2.05) is 0 Å². The van der Waals surface area contributed by atoms with Crippen molar-refractivity contribution in [3.05, 3.63) is 6.92 Å². The summed E-state index contributed by atoms with van der Waals surface area (Å²) in [6, 6.07) is 0. The molecule has 0 aliphatic carbocycles. The van der Waals surface area contributed by atoms with Gasteiger partial charge in [0.1, 0.15) is 0 Å². The first-order chi connectivity index (χ1) is 4.66. The molecule has 1 radical (unpaired) electrons. The summed E-state index contributed by atoms with van der Waals surface area (Å²) in [6.45, 7) is 4.99. The van der Waals surface area contributed by atoms with Gasteiger partial charge in [0.25, 0.3) is 0 Å². The zero-order valence-electron chi connectivity index (χ0n) is 6.30. The van der Waals surface area contributed by atoms with Crippen molar-refractivity contribution < 1.29 is 13.2 Å². The molecule has 0 saturated heterocycles. The Morgan fingerprint density at radius 3 is 1.27 bits per heavy atom. The molecule has 0 aromatic heterocycles. The zero-order valence-corrected chi connectivity index (χ0v) is 10.9. The fraction of sp³-hybridized carbons (Fsp3) is 0.800. The number of halogens is 5. The van der Waals surface area contributed by atoms with Gasteiger partial charge in [-0.15, -0.1) is 0 Å². The van der Waals surface area contributed by atoms with E-state index < -0.39 is 11.6 Å². The van der Waals surface area contributed by atoms with Crippen molar-refractivity contribution in [1.82, 2.24) is 0 Å². The second-order valence-electron chi connectivity index (χ2n) is 2.48. The number of hydrogen-bond acceptors (Lipinski definition) is 0. The van der Waals surface area contributed by atoms with Gasteiger partial charge in [0, 0.05) is 0 Å². The first-order valence-corrected chi connectivity index (χ1v) is 10.5. The summed E-state index contributed by atoms with van der Waals surface area (Å²) >= 11 is 6.44. The SMILES string of the molecule is [Br][Mg][Br].[CH2]C(C)(C)C(F)(F)F. The van der Waals surface area contributed by atoms with E-state index in [4.69, 9.17) is 0 Å². The van der Waals surface area contributed by atoms with Crippen molar-refractivity contribution >= 4 is 41.8 Å².